The van der Waals surface area contributed by atoms with Gasteiger partial charge in [-0.25, -0.2) is 0 Å². The van der Waals surface area contributed by atoms with Crippen LogP contribution in [-0.4, -0.2) is 25.8 Å². The summed E-state index contributed by atoms with van der Waals surface area (Å²) in [5, 5.41) is 23.2. The summed E-state index contributed by atoms with van der Waals surface area (Å²) in [6, 6.07) is 1.39. The number of nitro groups is 1. The highest BCUT2D eigenvalue weighted by Gasteiger charge is 2.23. The van der Waals surface area contributed by atoms with Crippen molar-refractivity contribution in [2.24, 2.45) is 5.92 Å². The van der Waals surface area contributed by atoms with Crippen molar-refractivity contribution in [1.82, 2.24) is 9.78 Å². The van der Waals surface area contributed by atoms with Gasteiger partial charge in [0.15, 0.2) is 0 Å². The van der Waals surface area contributed by atoms with E-state index in [9.17, 15) is 14.9 Å². The largest absolute Gasteiger partial charge is 0.481 e. The average molecular weight is 241 g/mol. The molecule has 1 aromatic rings. The zero-order chi connectivity index (χ0) is 13.2. The van der Waals surface area contributed by atoms with Gasteiger partial charge in [-0.2, -0.15) is 4.68 Å². The van der Waals surface area contributed by atoms with Crippen LogP contribution in [0.1, 0.15) is 32.4 Å². The van der Waals surface area contributed by atoms with Crippen molar-refractivity contribution >= 4 is 11.8 Å². The zero-order valence-corrected chi connectivity index (χ0v) is 9.95. The van der Waals surface area contributed by atoms with Crippen LogP contribution in [0.2, 0.25) is 0 Å². The van der Waals surface area contributed by atoms with Crippen molar-refractivity contribution in [3.05, 3.63) is 21.9 Å². The quantitative estimate of drug-likeness (QED) is 0.624. The Morgan fingerprint density at radius 3 is 2.59 bits per heavy atom. The highest BCUT2D eigenvalue weighted by Crippen LogP contribution is 2.21. The van der Waals surface area contributed by atoms with Crippen molar-refractivity contribution in [2.45, 2.75) is 33.2 Å². The molecule has 0 bridgehead atoms. The van der Waals surface area contributed by atoms with Crippen LogP contribution in [0.5, 0.6) is 0 Å². The van der Waals surface area contributed by atoms with Crippen LogP contribution in [-0.2, 0) is 11.3 Å². The van der Waals surface area contributed by atoms with Gasteiger partial charge < -0.3 is 15.2 Å². The van der Waals surface area contributed by atoms with Gasteiger partial charge in [0.2, 0.25) is 0 Å². The lowest BCUT2D eigenvalue weighted by molar-refractivity contribution is -0.389. The van der Waals surface area contributed by atoms with E-state index in [1.54, 1.807) is 6.92 Å². The molecule has 1 heterocycles. The SMILES string of the molecule is CC(Cn1nc([N+](=O)[O-])cc1C(C)C)C(=O)O. The van der Waals surface area contributed by atoms with Gasteiger partial charge in [0.25, 0.3) is 0 Å². The maximum Gasteiger partial charge on any atom is 0.390 e. The Hall–Kier alpha value is -1.92. The molecule has 0 fully saturated rings. The molecule has 1 unspecified atom stereocenters. The summed E-state index contributed by atoms with van der Waals surface area (Å²) in [6.45, 7) is 5.43. The van der Waals surface area contributed by atoms with E-state index in [1.165, 1.54) is 10.7 Å². The van der Waals surface area contributed by atoms with Crippen molar-refractivity contribution < 1.29 is 14.8 Å². The van der Waals surface area contributed by atoms with Crippen LogP contribution in [0.3, 0.4) is 0 Å². The minimum Gasteiger partial charge on any atom is -0.481 e. The number of carbonyl (C=O) groups is 1. The molecular weight excluding hydrogens is 226 g/mol. The van der Waals surface area contributed by atoms with Gasteiger partial charge in [-0.1, -0.05) is 20.8 Å². The predicted octanol–water partition coefficient (Wildman–Crippen LogP) is 1.64. The number of carboxylic acid groups (broad SMARTS) is 1. The normalized spacial score (nSPS) is 12.7. The van der Waals surface area contributed by atoms with Crippen LogP contribution >= 0.6 is 0 Å². The third-order valence-electron chi connectivity index (χ3n) is 2.45. The highest BCUT2D eigenvalue weighted by molar-refractivity contribution is 5.69. The van der Waals surface area contributed by atoms with Gasteiger partial charge in [0.1, 0.15) is 0 Å². The first-order chi connectivity index (χ1) is 7.82. The molecule has 0 radical (unpaired) electrons. The van der Waals surface area contributed by atoms with E-state index < -0.39 is 16.8 Å². The molecular formula is C10H15N3O4. The maximum atomic E-state index is 10.8. The minimum absolute atomic E-state index is 0.0530. The Balaban J connectivity index is 3.04. The molecule has 1 rings (SSSR count). The van der Waals surface area contributed by atoms with E-state index in [0.29, 0.717) is 5.69 Å². The molecule has 0 aliphatic rings. The molecule has 0 spiro atoms. The van der Waals surface area contributed by atoms with E-state index in [-0.39, 0.29) is 18.3 Å². The van der Waals surface area contributed by atoms with Crippen molar-refractivity contribution in [3.63, 3.8) is 0 Å². The number of nitrogens with zero attached hydrogens (tertiary/aromatic N) is 3. The maximum absolute atomic E-state index is 10.8. The number of carboxylic acids is 1. The summed E-state index contributed by atoms with van der Waals surface area (Å²) < 4.78 is 1.40. The molecule has 0 aromatic carbocycles. The first kappa shape index (κ1) is 13.1. The van der Waals surface area contributed by atoms with Gasteiger partial charge in [0, 0.05) is 0 Å². The number of hydrogen-bond acceptors (Lipinski definition) is 4. The first-order valence-corrected chi connectivity index (χ1v) is 5.27. The second-order valence-electron chi connectivity index (χ2n) is 4.26. The van der Waals surface area contributed by atoms with Crippen molar-refractivity contribution in [3.8, 4) is 0 Å². The third-order valence-corrected chi connectivity index (χ3v) is 2.45. The van der Waals surface area contributed by atoms with Crippen LogP contribution in [0.15, 0.2) is 6.07 Å². The molecule has 0 saturated carbocycles. The molecule has 1 atom stereocenters. The molecule has 94 valence electrons. The second kappa shape index (κ2) is 4.94. The van der Waals surface area contributed by atoms with Crippen LogP contribution < -0.4 is 0 Å². The van der Waals surface area contributed by atoms with Gasteiger partial charge in [-0.3, -0.25) is 4.79 Å². The molecule has 1 N–H and O–H groups in total. The molecule has 7 heteroatoms. The van der Waals surface area contributed by atoms with E-state index >= 15 is 0 Å². The average Bonchev–Trinajstić information content (AvgIpc) is 2.61. The molecule has 0 amide bonds. The van der Waals surface area contributed by atoms with Crippen LogP contribution in [0, 0.1) is 16.0 Å². The Morgan fingerprint density at radius 1 is 1.59 bits per heavy atom. The van der Waals surface area contributed by atoms with Crippen LogP contribution in [0.4, 0.5) is 5.82 Å². The summed E-state index contributed by atoms with van der Waals surface area (Å²) in [4.78, 5) is 20.8. The fourth-order valence-corrected chi connectivity index (χ4v) is 1.45. The smallest absolute Gasteiger partial charge is 0.390 e. The van der Waals surface area contributed by atoms with Gasteiger partial charge in [-0.15, -0.1) is 0 Å². The first-order valence-electron chi connectivity index (χ1n) is 5.27. The number of hydrogen-bond donors (Lipinski definition) is 1. The summed E-state index contributed by atoms with van der Waals surface area (Å²) in [7, 11) is 0. The highest BCUT2D eigenvalue weighted by atomic mass is 16.6. The monoisotopic (exact) mass is 241 g/mol. The standard InChI is InChI=1S/C10H15N3O4/c1-6(2)8-4-9(13(16)17)11-12(8)5-7(3)10(14)15/h4,6-7H,5H2,1-3H3,(H,14,15). The van der Waals surface area contributed by atoms with Crippen molar-refractivity contribution in [1.29, 1.82) is 0 Å². The topological polar surface area (TPSA) is 98.3 Å². The summed E-state index contributed by atoms with van der Waals surface area (Å²) in [5.74, 6) is -1.77. The summed E-state index contributed by atoms with van der Waals surface area (Å²) in [6.07, 6.45) is 0. The lowest BCUT2D eigenvalue weighted by Gasteiger charge is -2.08. The molecule has 0 aliphatic carbocycles. The number of rotatable bonds is 5. The third kappa shape index (κ3) is 3.02. The Labute approximate surface area is 98.2 Å². The van der Waals surface area contributed by atoms with E-state index in [2.05, 4.69) is 5.10 Å². The Kier molecular flexibility index (Phi) is 3.82. The molecule has 0 saturated heterocycles. The van der Waals surface area contributed by atoms with Crippen LogP contribution in [0.25, 0.3) is 0 Å². The molecule has 0 aliphatic heterocycles. The zero-order valence-electron chi connectivity index (χ0n) is 9.95. The van der Waals surface area contributed by atoms with E-state index in [0.717, 1.165) is 0 Å². The molecule has 7 nitrogen and oxygen atoms in total. The Bertz CT molecular complexity index is 439. The van der Waals surface area contributed by atoms with Gasteiger partial charge in [-0.05, 0) is 10.8 Å². The number of aromatic nitrogens is 2. The van der Waals surface area contributed by atoms with Gasteiger partial charge in [0.05, 0.1) is 29.3 Å². The van der Waals surface area contributed by atoms with Crippen molar-refractivity contribution in [2.75, 3.05) is 0 Å². The van der Waals surface area contributed by atoms with E-state index in [4.69, 9.17) is 5.11 Å². The summed E-state index contributed by atoms with van der Waals surface area (Å²) in [5.41, 5.74) is 0.671. The van der Waals surface area contributed by atoms with Gasteiger partial charge >= 0.3 is 11.8 Å². The summed E-state index contributed by atoms with van der Waals surface area (Å²) >= 11 is 0. The van der Waals surface area contributed by atoms with E-state index in [1.807, 2.05) is 13.8 Å². The minimum atomic E-state index is -0.946. The second-order valence-corrected chi connectivity index (χ2v) is 4.26. The lowest BCUT2D eigenvalue weighted by atomic mass is 10.1. The fourth-order valence-electron chi connectivity index (χ4n) is 1.45. The predicted molar refractivity (Wildman–Crippen MR) is 59.8 cm³/mol. The lowest BCUT2D eigenvalue weighted by Crippen LogP contribution is -2.19. The Morgan fingerprint density at radius 2 is 2.18 bits per heavy atom. The fraction of sp³-hybridized carbons (Fsp3) is 0.600. The molecule has 17 heavy (non-hydrogen) atoms. The molecule has 1 aromatic heterocycles. The number of aliphatic carboxylic acids is 1.